The maximum absolute atomic E-state index is 11.9. The average Bonchev–Trinajstić information content (AvgIpc) is 3.12. The van der Waals surface area contributed by atoms with Gasteiger partial charge >= 0.3 is 0 Å². The second-order valence-electron chi connectivity index (χ2n) is 4.54. The van der Waals surface area contributed by atoms with E-state index in [1.54, 1.807) is 11.3 Å². The molecule has 0 fully saturated rings. The Balaban J connectivity index is 1.61. The summed E-state index contributed by atoms with van der Waals surface area (Å²) < 4.78 is 0. The SMILES string of the molecule is O=C(Cc1cccs1)Nc1ccc(C2=NCCN2)cc1. The first-order chi connectivity index (χ1) is 9.81. The van der Waals surface area contributed by atoms with Crippen molar-refractivity contribution in [3.8, 4) is 0 Å². The molecule has 0 bridgehead atoms. The second kappa shape index (κ2) is 5.88. The molecule has 0 aliphatic carbocycles. The Morgan fingerprint density at radius 1 is 1.30 bits per heavy atom. The number of carbonyl (C=O) groups is 1. The number of rotatable bonds is 4. The number of hydrogen-bond acceptors (Lipinski definition) is 4. The molecule has 1 aromatic heterocycles. The van der Waals surface area contributed by atoms with Gasteiger partial charge in [-0.25, -0.2) is 0 Å². The molecule has 5 heteroatoms. The van der Waals surface area contributed by atoms with Crippen LogP contribution in [0.2, 0.25) is 0 Å². The highest BCUT2D eigenvalue weighted by atomic mass is 32.1. The Labute approximate surface area is 121 Å². The van der Waals surface area contributed by atoms with Crippen molar-refractivity contribution in [3.63, 3.8) is 0 Å². The third-order valence-corrected chi connectivity index (χ3v) is 3.91. The van der Waals surface area contributed by atoms with Gasteiger partial charge in [-0.1, -0.05) is 6.07 Å². The van der Waals surface area contributed by atoms with Crippen molar-refractivity contribution in [2.75, 3.05) is 18.4 Å². The first-order valence-corrected chi connectivity index (χ1v) is 7.40. The molecule has 0 unspecified atom stereocenters. The van der Waals surface area contributed by atoms with Crippen molar-refractivity contribution in [3.05, 3.63) is 52.2 Å². The number of carbonyl (C=O) groups excluding carboxylic acids is 1. The molecule has 0 radical (unpaired) electrons. The molecular weight excluding hydrogens is 270 g/mol. The number of amidine groups is 1. The summed E-state index contributed by atoms with van der Waals surface area (Å²) in [5.74, 6) is 0.943. The number of anilines is 1. The predicted octanol–water partition coefficient (Wildman–Crippen LogP) is 2.28. The van der Waals surface area contributed by atoms with Crippen LogP contribution in [0.15, 0.2) is 46.8 Å². The number of nitrogens with zero attached hydrogens (tertiary/aromatic N) is 1. The van der Waals surface area contributed by atoms with Crippen LogP contribution < -0.4 is 10.6 Å². The second-order valence-corrected chi connectivity index (χ2v) is 5.57. The predicted molar refractivity (Wildman–Crippen MR) is 82.5 cm³/mol. The third kappa shape index (κ3) is 3.05. The standard InChI is InChI=1S/C15H15N3OS/c19-14(10-13-2-1-9-20-13)18-12-5-3-11(4-6-12)15-16-7-8-17-15/h1-6,9H,7-8,10H2,(H,16,17)(H,18,19). The summed E-state index contributed by atoms with van der Waals surface area (Å²) in [6.45, 7) is 1.73. The van der Waals surface area contributed by atoms with E-state index >= 15 is 0 Å². The summed E-state index contributed by atoms with van der Waals surface area (Å²) in [4.78, 5) is 17.3. The van der Waals surface area contributed by atoms with Crippen LogP contribution in [0.1, 0.15) is 10.4 Å². The lowest BCUT2D eigenvalue weighted by atomic mass is 10.2. The zero-order valence-electron chi connectivity index (χ0n) is 10.9. The van der Waals surface area contributed by atoms with Crippen molar-refractivity contribution in [1.82, 2.24) is 5.32 Å². The van der Waals surface area contributed by atoms with E-state index in [9.17, 15) is 4.79 Å². The molecule has 1 aliphatic rings. The lowest BCUT2D eigenvalue weighted by Gasteiger charge is -2.06. The van der Waals surface area contributed by atoms with E-state index in [0.717, 1.165) is 35.1 Å². The molecule has 4 nitrogen and oxygen atoms in total. The topological polar surface area (TPSA) is 53.5 Å². The van der Waals surface area contributed by atoms with Gasteiger partial charge in [0.25, 0.3) is 0 Å². The Kier molecular flexibility index (Phi) is 3.78. The Morgan fingerprint density at radius 3 is 2.80 bits per heavy atom. The molecule has 102 valence electrons. The quantitative estimate of drug-likeness (QED) is 0.905. The number of aliphatic imine (C=N–C) groups is 1. The lowest BCUT2D eigenvalue weighted by Crippen LogP contribution is -2.19. The van der Waals surface area contributed by atoms with Crippen molar-refractivity contribution in [2.24, 2.45) is 4.99 Å². The van der Waals surface area contributed by atoms with Gasteiger partial charge < -0.3 is 10.6 Å². The fourth-order valence-corrected chi connectivity index (χ4v) is 2.78. The molecule has 3 rings (SSSR count). The third-order valence-electron chi connectivity index (χ3n) is 3.03. The van der Waals surface area contributed by atoms with Crippen molar-refractivity contribution >= 4 is 28.8 Å². The van der Waals surface area contributed by atoms with Gasteiger partial charge in [0.15, 0.2) is 0 Å². The molecule has 20 heavy (non-hydrogen) atoms. The van der Waals surface area contributed by atoms with Gasteiger partial charge in [-0.2, -0.15) is 0 Å². The number of thiophene rings is 1. The van der Waals surface area contributed by atoms with Gasteiger partial charge in [-0.15, -0.1) is 11.3 Å². The van der Waals surface area contributed by atoms with Crippen LogP contribution in [0.3, 0.4) is 0 Å². The fourth-order valence-electron chi connectivity index (χ4n) is 2.08. The molecule has 0 spiro atoms. The Bertz CT molecular complexity index is 617. The maximum atomic E-state index is 11.9. The molecule has 1 aromatic carbocycles. The zero-order chi connectivity index (χ0) is 13.8. The minimum atomic E-state index is 0.0107. The van der Waals surface area contributed by atoms with Crippen LogP contribution in [0.25, 0.3) is 0 Å². The van der Waals surface area contributed by atoms with E-state index in [1.807, 2.05) is 41.8 Å². The van der Waals surface area contributed by atoms with Gasteiger partial charge in [0.2, 0.25) is 5.91 Å². The summed E-state index contributed by atoms with van der Waals surface area (Å²) in [6, 6.07) is 11.7. The number of benzene rings is 1. The highest BCUT2D eigenvalue weighted by molar-refractivity contribution is 7.10. The van der Waals surface area contributed by atoms with Crippen molar-refractivity contribution in [2.45, 2.75) is 6.42 Å². The van der Waals surface area contributed by atoms with Crippen molar-refractivity contribution in [1.29, 1.82) is 0 Å². The van der Waals surface area contributed by atoms with Gasteiger partial charge in [0.1, 0.15) is 5.84 Å². The minimum absolute atomic E-state index is 0.0107. The van der Waals surface area contributed by atoms with E-state index in [2.05, 4.69) is 15.6 Å². The largest absolute Gasteiger partial charge is 0.368 e. The van der Waals surface area contributed by atoms with E-state index in [0.29, 0.717) is 6.42 Å². The van der Waals surface area contributed by atoms with Gasteiger partial charge in [0, 0.05) is 22.7 Å². The van der Waals surface area contributed by atoms with Crippen LogP contribution in [0, 0.1) is 0 Å². The summed E-state index contributed by atoms with van der Waals surface area (Å²) in [5, 5.41) is 8.11. The van der Waals surface area contributed by atoms with E-state index in [-0.39, 0.29) is 5.91 Å². The highest BCUT2D eigenvalue weighted by Gasteiger charge is 2.08. The summed E-state index contributed by atoms with van der Waals surface area (Å²) in [5.41, 5.74) is 1.87. The number of hydrogen-bond donors (Lipinski definition) is 2. The molecule has 2 N–H and O–H groups in total. The average molecular weight is 285 g/mol. The molecule has 0 saturated carbocycles. The molecule has 0 atom stereocenters. The molecular formula is C15H15N3OS. The summed E-state index contributed by atoms with van der Waals surface area (Å²) >= 11 is 1.60. The van der Waals surface area contributed by atoms with E-state index in [1.165, 1.54) is 0 Å². The maximum Gasteiger partial charge on any atom is 0.229 e. The van der Waals surface area contributed by atoms with Crippen molar-refractivity contribution < 1.29 is 4.79 Å². The van der Waals surface area contributed by atoms with E-state index < -0.39 is 0 Å². The highest BCUT2D eigenvalue weighted by Crippen LogP contribution is 2.13. The van der Waals surface area contributed by atoms with Crippen LogP contribution in [0.4, 0.5) is 5.69 Å². The first kappa shape index (κ1) is 12.9. The molecule has 1 aliphatic heterocycles. The molecule has 1 amide bonds. The summed E-state index contributed by atoms with van der Waals surface area (Å²) in [6.07, 6.45) is 0.424. The summed E-state index contributed by atoms with van der Waals surface area (Å²) in [7, 11) is 0. The van der Waals surface area contributed by atoms with Crippen LogP contribution in [0.5, 0.6) is 0 Å². The van der Waals surface area contributed by atoms with Crippen LogP contribution >= 0.6 is 11.3 Å². The smallest absolute Gasteiger partial charge is 0.229 e. The van der Waals surface area contributed by atoms with E-state index in [4.69, 9.17) is 0 Å². The molecule has 2 heterocycles. The first-order valence-electron chi connectivity index (χ1n) is 6.52. The lowest BCUT2D eigenvalue weighted by molar-refractivity contribution is -0.115. The number of amides is 1. The molecule has 0 saturated heterocycles. The van der Waals surface area contributed by atoms with Crippen LogP contribution in [-0.2, 0) is 11.2 Å². The van der Waals surface area contributed by atoms with Gasteiger partial charge in [-0.3, -0.25) is 9.79 Å². The zero-order valence-corrected chi connectivity index (χ0v) is 11.7. The fraction of sp³-hybridized carbons (Fsp3) is 0.200. The Hall–Kier alpha value is -2.14. The van der Waals surface area contributed by atoms with Gasteiger partial charge in [0.05, 0.1) is 13.0 Å². The normalized spacial score (nSPS) is 13.7. The monoisotopic (exact) mass is 285 g/mol. The van der Waals surface area contributed by atoms with Gasteiger partial charge in [-0.05, 0) is 35.7 Å². The van der Waals surface area contributed by atoms with Crippen LogP contribution in [-0.4, -0.2) is 24.8 Å². The minimum Gasteiger partial charge on any atom is -0.368 e. The number of nitrogens with one attached hydrogen (secondary N) is 2. The Morgan fingerprint density at radius 2 is 2.15 bits per heavy atom. The molecule has 2 aromatic rings.